The highest BCUT2D eigenvalue weighted by Gasteiger charge is 2.25. The monoisotopic (exact) mass is 370 g/mol. The summed E-state index contributed by atoms with van der Waals surface area (Å²) in [5.41, 5.74) is 6.02. The molecule has 6 heteroatoms. The van der Waals surface area contributed by atoms with Crippen LogP contribution in [-0.2, 0) is 6.42 Å². The highest BCUT2D eigenvalue weighted by atomic mass is 16.5. The first-order chi connectivity index (χ1) is 13.8. The van der Waals surface area contributed by atoms with E-state index in [1.807, 2.05) is 40.9 Å². The minimum atomic E-state index is 0.138. The van der Waals surface area contributed by atoms with Crippen molar-refractivity contribution in [2.75, 3.05) is 7.11 Å². The number of fused-ring (bicyclic) bond motifs is 3. The fourth-order valence-electron chi connectivity index (χ4n) is 3.81. The number of Topliss-reactive ketones (excluding diaryl/α,β-unsaturated/α-hetero) is 1. The molecule has 0 unspecified atom stereocenters. The number of ether oxygens (including phenoxy) is 1. The van der Waals surface area contributed by atoms with E-state index >= 15 is 0 Å². The lowest BCUT2D eigenvalue weighted by molar-refractivity contribution is 0.0970. The topological polar surface area (TPSA) is 69.4 Å². The Morgan fingerprint density at radius 1 is 1.07 bits per heavy atom. The third-order valence-electron chi connectivity index (χ3n) is 5.17. The predicted octanol–water partition coefficient (Wildman–Crippen LogP) is 3.99. The van der Waals surface area contributed by atoms with Crippen LogP contribution in [0.4, 0.5) is 0 Å². The Labute approximate surface area is 161 Å². The molecule has 0 aliphatic heterocycles. The van der Waals surface area contributed by atoms with Gasteiger partial charge in [-0.1, -0.05) is 12.1 Å². The maximum atomic E-state index is 12.3. The second-order valence-electron chi connectivity index (χ2n) is 6.82. The standard InChI is InChI=1S/C22H18N4O2/c1-28-16-5-2-4-15(12-16)20-21(14-8-10-23-11-9-14)25-26-18-6-3-7-19(27)17(18)13-24-22(20)26/h2,4-5,8-13H,3,6-7H2,1H3. The number of rotatable bonds is 3. The summed E-state index contributed by atoms with van der Waals surface area (Å²) in [6.45, 7) is 0. The van der Waals surface area contributed by atoms with E-state index in [-0.39, 0.29) is 5.78 Å². The van der Waals surface area contributed by atoms with Crippen LogP contribution in [0.2, 0.25) is 0 Å². The normalized spacial score (nSPS) is 13.5. The van der Waals surface area contributed by atoms with E-state index in [0.717, 1.165) is 52.3 Å². The summed E-state index contributed by atoms with van der Waals surface area (Å²) in [4.78, 5) is 21.1. The zero-order chi connectivity index (χ0) is 19.1. The molecule has 28 heavy (non-hydrogen) atoms. The van der Waals surface area contributed by atoms with Crippen molar-refractivity contribution in [2.24, 2.45) is 0 Å². The van der Waals surface area contributed by atoms with Gasteiger partial charge in [0, 0.05) is 30.6 Å². The summed E-state index contributed by atoms with van der Waals surface area (Å²) in [7, 11) is 1.65. The number of nitrogens with zero attached hydrogens (tertiary/aromatic N) is 4. The van der Waals surface area contributed by atoms with Gasteiger partial charge in [0.25, 0.3) is 0 Å². The highest BCUT2D eigenvalue weighted by molar-refractivity contribution is 5.99. The van der Waals surface area contributed by atoms with Gasteiger partial charge in [0.15, 0.2) is 11.4 Å². The number of aryl methyl sites for hydroxylation is 1. The Morgan fingerprint density at radius 2 is 1.93 bits per heavy atom. The average Bonchev–Trinajstić information content (AvgIpc) is 3.15. The van der Waals surface area contributed by atoms with Gasteiger partial charge < -0.3 is 4.74 Å². The number of benzene rings is 1. The molecule has 0 amide bonds. The number of hydrogen-bond acceptors (Lipinski definition) is 5. The smallest absolute Gasteiger partial charge is 0.166 e. The van der Waals surface area contributed by atoms with Crippen molar-refractivity contribution in [3.8, 4) is 28.1 Å². The van der Waals surface area contributed by atoms with Gasteiger partial charge in [-0.15, -0.1) is 0 Å². The molecule has 1 aliphatic carbocycles. The molecule has 6 nitrogen and oxygen atoms in total. The zero-order valence-electron chi connectivity index (χ0n) is 15.4. The lowest BCUT2D eigenvalue weighted by Gasteiger charge is -2.15. The third-order valence-corrected chi connectivity index (χ3v) is 5.17. The summed E-state index contributed by atoms with van der Waals surface area (Å²) >= 11 is 0. The fraction of sp³-hybridized carbons (Fsp3) is 0.182. The van der Waals surface area contributed by atoms with E-state index in [1.54, 1.807) is 25.7 Å². The molecule has 0 atom stereocenters. The molecular formula is C22H18N4O2. The Hall–Kier alpha value is -3.54. The van der Waals surface area contributed by atoms with E-state index in [1.165, 1.54) is 0 Å². The van der Waals surface area contributed by atoms with E-state index in [9.17, 15) is 4.79 Å². The second kappa shape index (κ2) is 6.56. The van der Waals surface area contributed by atoms with Crippen LogP contribution in [0.15, 0.2) is 55.0 Å². The first-order valence-electron chi connectivity index (χ1n) is 9.25. The molecule has 1 aliphatic rings. The van der Waals surface area contributed by atoms with Crippen LogP contribution in [0, 0.1) is 0 Å². The summed E-state index contributed by atoms with van der Waals surface area (Å²) in [5, 5.41) is 4.90. The van der Waals surface area contributed by atoms with Crippen LogP contribution < -0.4 is 4.74 Å². The molecule has 138 valence electrons. The van der Waals surface area contributed by atoms with Crippen molar-refractivity contribution in [1.82, 2.24) is 19.6 Å². The molecule has 3 heterocycles. The fourth-order valence-corrected chi connectivity index (χ4v) is 3.81. The molecule has 0 fully saturated rings. The molecular weight excluding hydrogens is 352 g/mol. The Balaban J connectivity index is 1.85. The third kappa shape index (κ3) is 2.57. The minimum absolute atomic E-state index is 0.138. The minimum Gasteiger partial charge on any atom is -0.497 e. The second-order valence-corrected chi connectivity index (χ2v) is 6.82. The van der Waals surface area contributed by atoms with Crippen LogP contribution in [0.3, 0.4) is 0 Å². The molecule has 0 saturated heterocycles. The number of pyridine rings is 1. The van der Waals surface area contributed by atoms with Crippen molar-refractivity contribution < 1.29 is 9.53 Å². The maximum Gasteiger partial charge on any atom is 0.166 e. The lowest BCUT2D eigenvalue weighted by Crippen LogP contribution is -2.16. The number of methoxy groups -OCH3 is 1. The molecule has 0 spiro atoms. The van der Waals surface area contributed by atoms with Gasteiger partial charge in [0.1, 0.15) is 11.4 Å². The van der Waals surface area contributed by atoms with Gasteiger partial charge >= 0.3 is 0 Å². The molecule has 3 aromatic heterocycles. The number of carbonyl (C=O) groups is 1. The van der Waals surface area contributed by atoms with E-state index in [0.29, 0.717) is 12.0 Å². The molecule has 1 aromatic carbocycles. The van der Waals surface area contributed by atoms with E-state index in [2.05, 4.69) is 9.97 Å². The van der Waals surface area contributed by atoms with Crippen LogP contribution in [0.25, 0.3) is 28.0 Å². The molecule has 0 radical (unpaired) electrons. The van der Waals surface area contributed by atoms with Gasteiger partial charge in [-0.25, -0.2) is 9.50 Å². The first kappa shape index (κ1) is 16.6. The van der Waals surface area contributed by atoms with Crippen molar-refractivity contribution in [2.45, 2.75) is 19.3 Å². The molecule has 0 saturated carbocycles. The molecule has 0 N–H and O–H groups in total. The Bertz CT molecular complexity index is 1200. The van der Waals surface area contributed by atoms with E-state index in [4.69, 9.17) is 9.84 Å². The number of aromatic nitrogens is 4. The average molecular weight is 370 g/mol. The van der Waals surface area contributed by atoms with Gasteiger partial charge in [-0.3, -0.25) is 9.78 Å². The van der Waals surface area contributed by atoms with Crippen LogP contribution in [-0.4, -0.2) is 32.5 Å². The summed E-state index contributed by atoms with van der Waals surface area (Å²) in [6, 6.07) is 11.7. The van der Waals surface area contributed by atoms with E-state index < -0.39 is 0 Å². The predicted molar refractivity (Wildman–Crippen MR) is 105 cm³/mol. The SMILES string of the molecule is COc1cccc(-c2c(-c3ccncc3)nn3c4c(cnc23)C(=O)CCC4)c1. The van der Waals surface area contributed by atoms with Crippen molar-refractivity contribution in [3.63, 3.8) is 0 Å². The highest BCUT2D eigenvalue weighted by Crippen LogP contribution is 2.37. The van der Waals surface area contributed by atoms with Gasteiger partial charge in [0.05, 0.1) is 23.9 Å². The van der Waals surface area contributed by atoms with Crippen LogP contribution >= 0.6 is 0 Å². The Morgan fingerprint density at radius 3 is 2.75 bits per heavy atom. The van der Waals surface area contributed by atoms with Gasteiger partial charge in [0.2, 0.25) is 0 Å². The maximum absolute atomic E-state index is 12.3. The molecule has 4 aromatic rings. The first-order valence-corrected chi connectivity index (χ1v) is 9.25. The van der Waals surface area contributed by atoms with Gasteiger partial charge in [-0.05, 0) is 42.7 Å². The summed E-state index contributed by atoms with van der Waals surface area (Å²) in [5.74, 6) is 0.908. The zero-order valence-corrected chi connectivity index (χ0v) is 15.4. The number of carbonyl (C=O) groups excluding carboxylic acids is 1. The van der Waals surface area contributed by atoms with Crippen molar-refractivity contribution in [3.05, 3.63) is 66.2 Å². The lowest BCUT2D eigenvalue weighted by atomic mass is 9.96. The Kier molecular flexibility index (Phi) is 3.90. The largest absolute Gasteiger partial charge is 0.497 e. The summed E-state index contributed by atoms with van der Waals surface area (Å²) < 4.78 is 7.26. The summed E-state index contributed by atoms with van der Waals surface area (Å²) in [6.07, 6.45) is 7.43. The van der Waals surface area contributed by atoms with Crippen molar-refractivity contribution >= 4 is 11.4 Å². The van der Waals surface area contributed by atoms with Crippen LogP contribution in [0.5, 0.6) is 5.75 Å². The number of ketones is 1. The molecule has 0 bridgehead atoms. The number of hydrogen-bond donors (Lipinski definition) is 0. The quantitative estimate of drug-likeness (QED) is 0.545. The van der Waals surface area contributed by atoms with Crippen LogP contribution in [0.1, 0.15) is 28.9 Å². The van der Waals surface area contributed by atoms with Gasteiger partial charge in [-0.2, -0.15) is 5.10 Å². The molecule has 5 rings (SSSR count). The van der Waals surface area contributed by atoms with Crippen molar-refractivity contribution in [1.29, 1.82) is 0 Å².